The van der Waals surface area contributed by atoms with E-state index >= 15 is 0 Å². The smallest absolute Gasteiger partial charge is 0.122 e. The van der Waals surface area contributed by atoms with Crippen LogP contribution in [0.15, 0.2) is 36.4 Å². The van der Waals surface area contributed by atoms with Crippen LogP contribution in [0.1, 0.15) is 12.5 Å². The van der Waals surface area contributed by atoms with Crippen molar-refractivity contribution in [2.45, 2.75) is 19.4 Å². The summed E-state index contributed by atoms with van der Waals surface area (Å²) >= 11 is 0. The molecule has 0 aromatic heterocycles. The lowest BCUT2D eigenvalue weighted by Gasteiger charge is -2.12. The van der Waals surface area contributed by atoms with E-state index in [2.05, 4.69) is 6.58 Å². The van der Waals surface area contributed by atoms with E-state index in [0.717, 1.165) is 16.9 Å². The van der Waals surface area contributed by atoms with Crippen molar-refractivity contribution in [3.05, 3.63) is 42.0 Å². The first-order valence-electron chi connectivity index (χ1n) is 4.60. The Bertz CT molecular complexity index is 318. The van der Waals surface area contributed by atoms with E-state index in [0.29, 0.717) is 6.42 Å². The molecule has 0 radical (unpaired) electrons. The highest BCUT2D eigenvalue weighted by molar-refractivity contribution is 5.34. The minimum atomic E-state index is -0.494. The third kappa shape index (κ3) is 2.60. The summed E-state index contributed by atoms with van der Waals surface area (Å²) in [5.41, 5.74) is 1.78. The van der Waals surface area contributed by atoms with Crippen molar-refractivity contribution in [1.29, 1.82) is 0 Å². The van der Waals surface area contributed by atoms with Crippen molar-refractivity contribution in [3.8, 4) is 5.75 Å². The Morgan fingerprint density at radius 2 is 2.14 bits per heavy atom. The molecule has 0 aliphatic carbocycles. The number of aliphatic hydroxyl groups is 1. The zero-order valence-electron chi connectivity index (χ0n) is 8.66. The maximum Gasteiger partial charge on any atom is 0.122 e. The SMILES string of the molecule is C=C(C)C(O)Cc1ccccc1OC. The number of hydrogen-bond acceptors (Lipinski definition) is 2. The maximum absolute atomic E-state index is 9.64. The summed E-state index contributed by atoms with van der Waals surface area (Å²) in [6.45, 7) is 5.54. The molecule has 14 heavy (non-hydrogen) atoms. The number of ether oxygens (including phenoxy) is 1. The van der Waals surface area contributed by atoms with Gasteiger partial charge in [-0.05, 0) is 18.6 Å². The quantitative estimate of drug-likeness (QED) is 0.741. The second-order valence-electron chi connectivity index (χ2n) is 3.38. The summed E-state index contributed by atoms with van der Waals surface area (Å²) < 4.78 is 5.19. The van der Waals surface area contributed by atoms with Crippen LogP contribution >= 0.6 is 0 Å². The number of benzene rings is 1. The summed E-state index contributed by atoms with van der Waals surface area (Å²) in [6.07, 6.45) is 0.0607. The fraction of sp³-hybridized carbons (Fsp3) is 0.333. The van der Waals surface area contributed by atoms with Crippen LogP contribution in [0.2, 0.25) is 0 Å². The molecule has 0 heterocycles. The predicted molar refractivity (Wildman–Crippen MR) is 57.5 cm³/mol. The van der Waals surface area contributed by atoms with Crippen molar-refractivity contribution < 1.29 is 9.84 Å². The molecular weight excluding hydrogens is 176 g/mol. The van der Waals surface area contributed by atoms with Gasteiger partial charge in [0.05, 0.1) is 13.2 Å². The topological polar surface area (TPSA) is 29.5 Å². The van der Waals surface area contributed by atoms with Crippen LogP contribution < -0.4 is 4.74 Å². The lowest BCUT2D eigenvalue weighted by Crippen LogP contribution is -2.11. The molecule has 0 bridgehead atoms. The molecule has 0 saturated carbocycles. The highest BCUT2D eigenvalue weighted by Crippen LogP contribution is 2.20. The van der Waals surface area contributed by atoms with Gasteiger partial charge in [0.2, 0.25) is 0 Å². The van der Waals surface area contributed by atoms with Gasteiger partial charge in [0.1, 0.15) is 5.75 Å². The maximum atomic E-state index is 9.64. The number of aliphatic hydroxyl groups excluding tert-OH is 1. The van der Waals surface area contributed by atoms with Gasteiger partial charge in [-0.3, -0.25) is 0 Å². The van der Waals surface area contributed by atoms with E-state index in [1.165, 1.54) is 0 Å². The molecule has 2 nitrogen and oxygen atoms in total. The molecule has 76 valence electrons. The third-order valence-electron chi connectivity index (χ3n) is 2.17. The van der Waals surface area contributed by atoms with Crippen molar-refractivity contribution in [1.82, 2.24) is 0 Å². The Morgan fingerprint density at radius 1 is 1.50 bits per heavy atom. The van der Waals surface area contributed by atoms with Gasteiger partial charge in [0.15, 0.2) is 0 Å². The van der Waals surface area contributed by atoms with Crippen LogP contribution in [0, 0.1) is 0 Å². The van der Waals surface area contributed by atoms with Gasteiger partial charge < -0.3 is 9.84 Å². The summed E-state index contributed by atoms with van der Waals surface area (Å²) in [5.74, 6) is 0.813. The molecule has 0 saturated heterocycles. The number of rotatable bonds is 4. The van der Waals surface area contributed by atoms with Gasteiger partial charge in [-0.1, -0.05) is 30.4 Å². The summed E-state index contributed by atoms with van der Waals surface area (Å²) in [6, 6.07) is 7.68. The van der Waals surface area contributed by atoms with Gasteiger partial charge >= 0.3 is 0 Å². The number of hydrogen-bond donors (Lipinski definition) is 1. The Kier molecular flexibility index (Phi) is 3.72. The molecule has 1 atom stereocenters. The van der Waals surface area contributed by atoms with Gasteiger partial charge in [-0.15, -0.1) is 0 Å². The van der Waals surface area contributed by atoms with E-state index in [9.17, 15) is 5.11 Å². The predicted octanol–water partition coefficient (Wildman–Crippen LogP) is 2.17. The fourth-order valence-electron chi connectivity index (χ4n) is 1.25. The highest BCUT2D eigenvalue weighted by Gasteiger charge is 2.09. The molecule has 0 aliphatic rings. The van der Waals surface area contributed by atoms with Crippen LogP contribution in [0.5, 0.6) is 5.75 Å². The van der Waals surface area contributed by atoms with Gasteiger partial charge in [-0.2, -0.15) is 0 Å². The molecule has 0 aliphatic heterocycles. The largest absolute Gasteiger partial charge is 0.496 e. The number of para-hydroxylation sites is 1. The lowest BCUT2D eigenvalue weighted by molar-refractivity contribution is 0.210. The summed E-state index contributed by atoms with van der Waals surface area (Å²) in [4.78, 5) is 0. The molecule has 1 N–H and O–H groups in total. The van der Waals surface area contributed by atoms with Crippen LogP contribution in [0.4, 0.5) is 0 Å². The Labute approximate surface area is 84.8 Å². The second-order valence-corrected chi connectivity index (χ2v) is 3.38. The summed E-state index contributed by atoms with van der Waals surface area (Å²) in [7, 11) is 1.63. The average molecular weight is 192 g/mol. The monoisotopic (exact) mass is 192 g/mol. The minimum Gasteiger partial charge on any atom is -0.496 e. The lowest BCUT2D eigenvalue weighted by atomic mass is 10.0. The molecular formula is C12H16O2. The van der Waals surface area contributed by atoms with Gasteiger partial charge in [0, 0.05) is 6.42 Å². The van der Waals surface area contributed by atoms with Gasteiger partial charge in [0.25, 0.3) is 0 Å². The van der Waals surface area contributed by atoms with E-state index in [4.69, 9.17) is 4.74 Å². The van der Waals surface area contributed by atoms with Crippen molar-refractivity contribution in [3.63, 3.8) is 0 Å². The van der Waals surface area contributed by atoms with Crippen molar-refractivity contribution in [2.75, 3.05) is 7.11 Å². The molecule has 0 fully saturated rings. The minimum absolute atomic E-state index is 0.494. The van der Waals surface area contributed by atoms with E-state index < -0.39 is 6.10 Å². The summed E-state index contributed by atoms with van der Waals surface area (Å²) in [5, 5.41) is 9.64. The zero-order valence-corrected chi connectivity index (χ0v) is 8.66. The first-order chi connectivity index (χ1) is 6.65. The normalized spacial score (nSPS) is 12.2. The van der Waals surface area contributed by atoms with E-state index in [1.54, 1.807) is 7.11 Å². The second kappa shape index (κ2) is 4.82. The Morgan fingerprint density at radius 3 is 2.71 bits per heavy atom. The van der Waals surface area contributed by atoms with Crippen molar-refractivity contribution in [2.24, 2.45) is 0 Å². The van der Waals surface area contributed by atoms with Crippen LogP contribution in [-0.4, -0.2) is 18.3 Å². The molecule has 1 rings (SSSR count). The standard InChI is InChI=1S/C12H16O2/c1-9(2)11(13)8-10-6-4-5-7-12(10)14-3/h4-7,11,13H,1,8H2,2-3H3. The first kappa shape index (κ1) is 10.8. The van der Waals surface area contributed by atoms with E-state index in [1.807, 2.05) is 31.2 Å². The van der Waals surface area contributed by atoms with Crippen LogP contribution in [-0.2, 0) is 6.42 Å². The van der Waals surface area contributed by atoms with E-state index in [-0.39, 0.29) is 0 Å². The molecule has 0 spiro atoms. The molecule has 1 aromatic carbocycles. The van der Waals surface area contributed by atoms with Crippen LogP contribution in [0.25, 0.3) is 0 Å². The fourth-order valence-corrected chi connectivity index (χ4v) is 1.25. The average Bonchev–Trinajstić information content (AvgIpc) is 2.18. The molecule has 1 aromatic rings. The number of methoxy groups -OCH3 is 1. The zero-order chi connectivity index (χ0) is 10.6. The molecule has 0 amide bonds. The molecule has 2 heteroatoms. The van der Waals surface area contributed by atoms with Crippen molar-refractivity contribution >= 4 is 0 Å². The molecule has 1 unspecified atom stereocenters. The third-order valence-corrected chi connectivity index (χ3v) is 2.17. The first-order valence-corrected chi connectivity index (χ1v) is 4.60. The van der Waals surface area contributed by atoms with Crippen LogP contribution in [0.3, 0.4) is 0 Å². The highest BCUT2D eigenvalue weighted by atomic mass is 16.5. The Hall–Kier alpha value is -1.28. The Balaban J connectivity index is 2.80. The van der Waals surface area contributed by atoms with Gasteiger partial charge in [-0.25, -0.2) is 0 Å².